The first-order valence-electron chi connectivity index (χ1n) is 6.71. The molecule has 2 heteroatoms. The predicted octanol–water partition coefficient (Wildman–Crippen LogP) is 4.53. The summed E-state index contributed by atoms with van der Waals surface area (Å²) in [6.07, 6.45) is 1.08. The van der Waals surface area contributed by atoms with Gasteiger partial charge in [0.1, 0.15) is 6.61 Å². The van der Waals surface area contributed by atoms with Crippen LogP contribution in [-0.2, 0) is 6.61 Å². The van der Waals surface area contributed by atoms with E-state index in [1.54, 1.807) is 6.07 Å². The molecule has 0 unspecified atom stereocenters. The van der Waals surface area contributed by atoms with E-state index in [4.69, 9.17) is 4.74 Å². The van der Waals surface area contributed by atoms with Crippen molar-refractivity contribution in [2.24, 2.45) is 5.92 Å². The van der Waals surface area contributed by atoms with Gasteiger partial charge in [-0.25, -0.2) is 4.39 Å². The number of hydrogen-bond acceptors (Lipinski definition) is 1. The van der Waals surface area contributed by atoms with Crippen LogP contribution < -0.4 is 4.74 Å². The topological polar surface area (TPSA) is 9.23 Å². The van der Waals surface area contributed by atoms with Crippen LogP contribution in [0, 0.1) is 11.7 Å². The predicted molar refractivity (Wildman–Crippen MR) is 73.7 cm³/mol. The van der Waals surface area contributed by atoms with E-state index in [0.717, 1.165) is 17.5 Å². The summed E-state index contributed by atoms with van der Waals surface area (Å²) >= 11 is 0. The van der Waals surface area contributed by atoms with Gasteiger partial charge in [0.2, 0.25) is 0 Å². The van der Waals surface area contributed by atoms with E-state index in [1.165, 1.54) is 0 Å². The summed E-state index contributed by atoms with van der Waals surface area (Å²) in [5, 5.41) is 0. The van der Waals surface area contributed by atoms with E-state index in [-0.39, 0.29) is 5.82 Å². The summed E-state index contributed by atoms with van der Waals surface area (Å²) in [4.78, 5) is 0. The van der Waals surface area contributed by atoms with Gasteiger partial charge in [-0.1, -0.05) is 49.4 Å². The molecule has 0 heterocycles. The fourth-order valence-electron chi connectivity index (χ4n) is 2.42. The first-order valence-corrected chi connectivity index (χ1v) is 6.71. The minimum absolute atomic E-state index is 0.187. The molecule has 0 N–H and O–H groups in total. The Hall–Kier alpha value is -1.83. The molecule has 1 aliphatic carbocycles. The molecule has 0 saturated heterocycles. The highest BCUT2D eigenvalue weighted by Crippen LogP contribution is 2.48. The van der Waals surface area contributed by atoms with Crippen LogP contribution in [0.15, 0.2) is 48.5 Å². The van der Waals surface area contributed by atoms with Gasteiger partial charge in [0.15, 0.2) is 11.6 Å². The molecule has 0 spiro atoms. The van der Waals surface area contributed by atoms with E-state index in [1.807, 2.05) is 42.5 Å². The summed E-state index contributed by atoms with van der Waals surface area (Å²) < 4.78 is 19.9. The molecule has 2 aromatic carbocycles. The van der Waals surface area contributed by atoms with Crippen molar-refractivity contribution in [1.29, 1.82) is 0 Å². The molecule has 0 amide bonds. The third-order valence-electron chi connectivity index (χ3n) is 3.74. The molecule has 1 saturated carbocycles. The number of hydrogen-bond donors (Lipinski definition) is 0. The highest BCUT2D eigenvalue weighted by Gasteiger charge is 2.36. The summed E-state index contributed by atoms with van der Waals surface area (Å²) in [5.74, 6) is 1.15. The second-order valence-corrected chi connectivity index (χ2v) is 5.25. The fraction of sp³-hybridized carbons (Fsp3) is 0.294. The second-order valence-electron chi connectivity index (χ2n) is 5.25. The zero-order chi connectivity index (χ0) is 13.2. The third-order valence-corrected chi connectivity index (χ3v) is 3.74. The van der Waals surface area contributed by atoms with E-state index < -0.39 is 0 Å². The highest BCUT2D eigenvalue weighted by atomic mass is 19.1. The van der Waals surface area contributed by atoms with Gasteiger partial charge in [-0.3, -0.25) is 0 Å². The molecule has 0 aromatic heterocycles. The van der Waals surface area contributed by atoms with E-state index in [0.29, 0.717) is 24.2 Å². The van der Waals surface area contributed by atoms with Gasteiger partial charge in [0.25, 0.3) is 0 Å². The van der Waals surface area contributed by atoms with Crippen molar-refractivity contribution in [2.45, 2.75) is 25.9 Å². The van der Waals surface area contributed by atoms with Gasteiger partial charge in [-0.15, -0.1) is 0 Å². The van der Waals surface area contributed by atoms with Crippen LogP contribution in [0.4, 0.5) is 4.39 Å². The van der Waals surface area contributed by atoms with Crippen LogP contribution in [0.2, 0.25) is 0 Å². The molecule has 0 bridgehead atoms. The standard InChI is InChI=1S/C17H17FO/c1-12-10-15(12)14-8-5-9-16(17(14)18)19-11-13-6-3-2-4-7-13/h2-9,12,15H,10-11H2,1H3/t12-,15+/m0/s1. The quantitative estimate of drug-likeness (QED) is 0.781. The average molecular weight is 256 g/mol. The monoisotopic (exact) mass is 256 g/mol. The maximum Gasteiger partial charge on any atom is 0.168 e. The second kappa shape index (κ2) is 5.04. The molecular formula is C17H17FO. The van der Waals surface area contributed by atoms with Gasteiger partial charge >= 0.3 is 0 Å². The normalized spacial score (nSPS) is 21.2. The van der Waals surface area contributed by atoms with Crippen molar-refractivity contribution in [1.82, 2.24) is 0 Å². The van der Waals surface area contributed by atoms with Crippen LogP contribution in [0.25, 0.3) is 0 Å². The maximum absolute atomic E-state index is 14.3. The first kappa shape index (κ1) is 12.2. The molecule has 3 rings (SSSR count). The first-order chi connectivity index (χ1) is 9.25. The SMILES string of the molecule is C[C@H]1C[C@H]1c1cccc(OCc2ccccc2)c1F. The lowest BCUT2D eigenvalue weighted by Crippen LogP contribution is -1.99. The molecule has 2 aromatic rings. The number of ether oxygens (including phenoxy) is 1. The van der Waals surface area contributed by atoms with Crippen LogP contribution in [0.5, 0.6) is 5.75 Å². The van der Waals surface area contributed by atoms with E-state index in [9.17, 15) is 4.39 Å². The van der Waals surface area contributed by atoms with Crippen LogP contribution in [0.1, 0.15) is 30.4 Å². The molecule has 2 atom stereocenters. The largest absolute Gasteiger partial charge is 0.486 e. The van der Waals surface area contributed by atoms with Crippen molar-refractivity contribution < 1.29 is 9.13 Å². The molecule has 0 radical (unpaired) electrons. The third kappa shape index (κ3) is 2.62. The Labute approximate surface area is 113 Å². The molecule has 98 valence electrons. The van der Waals surface area contributed by atoms with E-state index >= 15 is 0 Å². The fourth-order valence-corrected chi connectivity index (χ4v) is 2.42. The van der Waals surface area contributed by atoms with Gasteiger partial charge in [0, 0.05) is 0 Å². The average Bonchev–Trinajstić information content (AvgIpc) is 3.16. The molecular weight excluding hydrogens is 239 g/mol. The van der Waals surface area contributed by atoms with Crippen LogP contribution >= 0.6 is 0 Å². The number of halogens is 1. The smallest absolute Gasteiger partial charge is 0.168 e. The lowest BCUT2D eigenvalue weighted by molar-refractivity contribution is 0.289. The van der Waals surface area contributed by atoms with Crippen LogP contribution in [0.3, 0.4) is 0 Å². The van der Waals surface area contributed by atoms with Crippen molar-refractivity contribution >= 4 is 0 Å². The Morgan fingerprint density at radius 1 is 1.11 bits per heavy atom. The van der Waals surface area contributed by atoms with Gasteiger partial charge in [-0.05, 0) is 35.4 Å². The van der Waals surface area contributed by atoms with Gasteiger partial charge in [0.05, 0.1) is 0 Å². The maximum atomic E-state index is 14.3. The Kier molecular flexibility index (Phi) is 3.24. The summed E-state index contributed by atoms with van der Waals surface area (Å²) in [6, 6.07) is 15.3. The van der Waals surface area contributed by atoms with Crippen molar-refractivity contribution in [3.05, 3.63) is 65.5 Å². The zero-order valence-electron chi connectivity index (χ0n) is 11.0. The Balaban J connectivity index is 1.74. The highest BCUT2D eigenvalue weighted by molar-refractivity contribution is 5.36. The summed E-state index contributed by atoms with van der Waals surface area (Å²) in [6.45, 7) is 2.56. The summed E-state index contributed by atoms with van der Waals surface area (Å²) in [5.41, 5.74) is 1.85. The Bertz CT molecular complexity index is 565. The molecule has 19 heavy (non-hydrogen) atoms. The minimum Gasteiger partial charge on any atom is -0.486 e. The van der Waals surface area contributed by atoms with Crippen molar-refractivity contribution in [3.63, 3.8) is 0 Å². The van der Waals surface area contributed by atoms with E-state index in [2.05, 4.69) is 6.92 Å². The van der Waals surface area contributed by atoms with Gasteiger partial charge in [-0.2, -0.15) is 0 Å². The zero-order valence-corrected chi connectivity index (χ0v) is 11.0. The Morgan fingerprint density at radius 3 is 2.53 bits per heavy atom. The van der Waals surface area contributed by atoms with Crippen molar-refractivity contribution in [2.75, 3.05) is 0 Å². The summed E-state index contributed by atoms with van der Waals surface area (Å²) in [7, 11) is 0. The lowest BCUT2D eigenvalue weighted by Gasteiger charge is -2.10. The molecule has 0 aliphatic heterocycles. The minimum atomic E-state index is -0.187. The molecule has 1 fully saturated rings. The van der Waals surface area contributed by atoms with Gasteiger partial charge < -0.3 is 4.74 Å². The van der Waals surface area contributed by atoms with Crippen LogP contribution in [-0.4, -0.2) is 0 Å². The molecule has 1 nitrogen and oxygen atoms in total. The molecule has 1 aliphatic rings. The Morgan fingerprint density at radius 2 is 1.84 bits per heavy atom. The van der Waals surface area contributed by atoms with Crippen molar-refractivity contribution in [3.8, 4) is 5.75 Å². The number of benzene rings is 2. The lowest BCUT2D eigenvalue weighted by atomic mass is 10.1. The number of rotatable bonds is 4.